The Bertz CT molecular complexity index is 494. The third-order valence-electron chi connectivity index (χ3n) is 3.41. The highest BCUT2D eigenvalue weighted by Gasteiger charge is 2.12. The van der Waals surface area contributed by atoms with Gasteiger partial charge in [-0.2, -0.15) is 0 Å². The number of rotatable bonds is 5. The number of likely N-dealkylation sites (tertiary alicyclic amines) is 1. The summed E-state index contributed by atoms with van der Waals surface area (Å²) in [6.07, 6.45) is 5.62. The van der Waals surface area contributed by atoms with Crippen molar-refractivity contribution in [1.29, 1.82) is 0 Å². The van der Waals surface area contributed by atoms with Crippen LogP contribution < -0.4 is 5.32 Å². The first-order valence-electron chi connectivity index (χ1n) is 6.99. The number of amides is 1. The summed E-state index contributed by atoms with van der Waals surface area (Å²) in [5.74, 6) is -0.132. The lowest BCUT2D eigenvalue weighted by Crippen LogP contribution is -2.36. The first kappa shape index (κ1) is 14.6. The second-order valence-electron chi connectivity index (χ2n) is 5.00. The number of nitrogens with one attached hydrogen (secondary N) is 1. The van der Waals surface area contributed by atoms with Crippen LogP contribution in [0.3, 0.4) is 0 Å². The molecule has 0 spiro atoms. The summed E-state index contributed by atoms with van der Waals surface area (Å²) in [5, 5.41) is 2.90. The summed E-state index contributed by atoms with van der Waals surface area (Å²) in [4.78, 5) is 26.5. The number of hydrogen-bond donors (Lipinski definition) is 1. The van der Waals surface area contributed by atoms with Crippen LogP contribution in [0.4, 0.5) is 5.69 Å². The fraction of sp³-hybridized carbons (Fsp3) is 0.571. The zero-order valence-electron chi connectivity index (χ0n) is 12.1. The molecule has 0 aliphatic carbocycles. The summed E-state index contributed by atoms with van der Waals surface area (Å²) >= 11 is 0. The molecule has 6 heteroatoms. The predicted molar refractivity (Wildman–Crippen MR) is 78.2 cm³/mol. The van der Waals surface area contributed by atoms with Gasteiger partial charge in [-0.15, -0.1) is 0 Å². The molecule has 1 aliphatic rings. The number of aliphatic imine (C=N–C) groups is 1. The lowest BCUT2D eigenvalue weighted by molar-refractivity contribution is -0.114. The average Bonchev–Trinajstić information content (AvgIpc) is 2.94. The molecule has 0 aromatic carbocycles. The van der Waals surface area contributed by atoms with Gasteiger partial charge in [0.05, 0.1) is 11.9 Å². The van der Waals surface area contributed by atoms with Gasteiger partial charge in [0.15, 0.2) is 0 Å². The van der Waals surface area contributed by atoms with Gasteiger partial charge in [-0.3, -0.25) is 4.79 Å². The van der Waals surface area contributed by atoms with Crippen molar-refractivity contribution < 1.29 is 4.79 Å². The van der Waals surface area contributed by atoms with Crippen molar-refractivity contribution >= 4 is 17.3 Å². The van der Waals surface area contributed by atoms with Crippen LogP contribution in [0, 0.1) is 6.92 Å². The predicted octanol–water partition coefficient (Wildman–Crippen LogP) is 1.09. The molecule has 6 nitrogen and oxygen atoms in total. The van der Waals surface area contributed by atoms with Crippen LogP contribution >= 0.6 is 0 Å². The van der Waals surface area contributed by atoms with E-state index in [0.717, 1.165) is 25.3 Å². The fourth-order valence-corrected chi connectivity index (χ4v) is 2.19. The Hall–Kier alpha value is -1.82. The largest absolute Gasteiger partial charge is 0.350 e. The molecule has 1 aliphatic heterocycles. The topological polar surface area (TPSA) is 70.5 Å². The third-order valence-corrected chi connectivity index (χ3v) is 3.41. The van der Waals surface area contributed by atoms with Crippen LogP contribution in [-0.4, -0.2) is 52.7 Å². The highest BCUT2D eigenvalue weighted by Crippen LogP contribution is 2.13. The molecule has 1 aromatic heterocycles. The van der Waals surface area contributed by atoms with E-state index in [1.54, 1.807) is 13.1 Å². The highest BCUT2D eigenvalue weighted by molar-refractivity contribution is 6.38. The number of hydrogen-bond acceptors (Lipinski definition) is 5. The molecule has 20 heavy (non-hydrogen) atoms. The number of nitrogens with zero attached hydrogens (tertiary/aromatic N) is 4. The Morgan fingerprint density at radius 2 is 2.20 bits per heavy atom. The van der Waals surface area contributed by atoms with Crippen LogP contribution in [0.2, 0.25) is 0 Å². The quantitative estimate of drug-likeness (QED) is 0.817. The lowest BCUT2D eigenvalue weighted by Gasteiger charge is -2.14. The van der Waals surface area contributed by atoms with Gasteiger partial charge < -0.3 is 10.2 Å². The van der Waals surface area contributed by atoms with Crippen molar-refractivity contribution in [1.82, 2.24) is 20.2 Å². The van der Waals surface area contributed by atoms with E-state index >= 15 is 0 Å². The molecular weight excluding hydrogens is 254 g/mol. The van der Waals surface area contributed by atoms with Gasteiger partial charge in [0.25, 0.3) is 5.91 Å². The first-order chi connectivity index (χ1) is 9.66. The van der Waals surface area contributed by atoms with E-state index in [0.29, 0.717) is 17.9 Å². The fourth-order valence-electron chi connectivity index (χ4n) is 2.19. The number of aryl methyl sites for hydroxylation is 1. The molecule has 1 amide bonds. The van der Waals surface area contributed by atoms with Gasteiger partial charge in [-0.1, -0.05) is 0 Å². The van der Waals surface area contributed by atoms with E-state index in [-0.39, 0.29) is 5.91 Å². The van der Waals surface area contributed by atoms with E-state index < -0.39 is 0 Å². The van der Waals surface area contributed by atoms with Crippen molar-refractivity contribution in [2.24, 2.45) is 4.99 Å². The summed E-state index contributed by atoms with van der Waals surface area (Å²) < 4.78 is 0. The second-order valence-corrected chi connectivity index (χ2v) is 5.00. The molecule has 1 N–H and O–H groups in total. The van der Waals surface area contributed by atoms with Gasteiger partial charge >= 0.3 is 0 Å². The standard InChI is InChI=1S/C14H21N5O/c1-11-13(9-15-10-17-11)18-12(2)14(20)16-5-8-19-6-3-4-7-19/h9-10H,3-8H2,1-2H3,(H,16,20). The number of aromatic nitrogens is 2. The van der Waals surface area contributed by atoms with Crippen LogP contribution in [-0.2, 0) is 4.79 Å². The van der Waals surface area contributed by atoms with Gasteiger partial charge in [0, 0.05) is 13.1 Å². The molecule has 0 unspecified atom stereocenters. The van der Waals surface area contributed by atoms with Crippen LogP contribution in [0.15, 0.2) is 17.5 Å². The SMILES string of the molecule is CC(=Nc1cncnc1C)C(=O)NCCN1CCCC1. The van der Waals surface area contributed by atoms with E-state index in [9.17, 15) is 4.79 Å². The first-order valence-corrected chi connectivity index (χ1v) is 6.99. The Kier molecular flexibility index (Phi) is 5.17. The molecule has 1 saturated heterocycles. The van der Waals surface area contributed by atoms with Gasteiger partial charge in [-0.05, 0) is 39.8 Å². The molecule has 2 heterocycles. The second kappa shape index (κ2) is 7.09. The third kappa shape index (κ3) is 4.09. The van der Waals surface area contributed by atoms with E-state index in [2.05, 4.69) is 25.2 Å². The normalized spacial score (nSPS) is 16.4. The average molecular weight is 275 g/mol. The van der Waals surface area contributed by atoms with E-state index in [4.69, 9.17) is 0 Å². The van der Waals surface area contributed by atoms with Gasteiger partial charge in [0.1, 0.15) is 17.7 Å². The minimum Gasteiger partial charge on any atom is -0.350 e. The van der Waals surface area contributed by atoms with E-state index in [1.165, 1.54) is 19.2 Å². The highest BCUT2D eigenvalue weighted by atomic mass is 16.1. The maximum Gasteiger partial charge on any atom is 0.265 e. The van der Waals surface area contributed by atoms with Crippen LogP contribution in [0.5, 0.6) is 0 Å². The summed E-state index contributed by atoms with van der Waals surface area (Å²) in [7, 11) is 0. The molecule has 108 valence electrons. The molecule has 2 rings (SSSR count). The van der Waals surface area contributed by atoms with Crippen molar-refractivity contribution in [3.8, 4) is 0 Å². The smallest absolute Gasteiger partial charge is 0.265 e. The van der Waals surface area contributed by atoms with Crippen LogP contribution in [0.1, 0.15) is 25.5 Å². The Morgan fingerprint density at radius 3 is 2.90 bits per heavy atom. The maximum absolute atomic E-state index is 11.9. The number of carbonyl (C=O) groups excluding carboxylic acids is 1. The Morgan fingerprint density at radius 1 is 1.45 bits per heavy atom. The monoisotopic (exact) mass is 275 g/mol. The van der Waals surface area contributed by atoms with Gasteiger partial charge in [-0.25, -0.2) is 15.0 Å². The van der Waals surface area contributed by atoms with Crippen molar-refractivity contribution in [3.05, 3.63) is 18.2 Å². The summed E-state index contributed by atoms with van der Waals surface area (Å²) in [6, 6.07) is 0. The molecule has 1 aromatic rings. The minimum absolute atomic E-state index is 0.132. The van der Waals surface area contributed by atoms with E-state index in [1.807, 2.05) is 6.92 Å². The molecule has 0 atom stereocenters. The minimum atomic E-state index is -0.132. The Balaban J connectivity index is 1.83. The summed E-state index contributed by atoms with van der Waals surface area (Å²) in [6.45, 7) is 7.41. The Labute approximate surface area is 119 Å². The van der Waals surface area contributed by atoms with Crippen molar-refractivity contribution in [3.63, 3.8) is 0 Å². The van der Waals surface area contributed by atoms with Crippen LogP contribution in [0.25, 0.3) is 0 Å². The molecule has 0 radical (unpaired) electrons. The molecule has 0 bridgehead atoms. The zero-order chi connectivity index (χ0) is 14.4. The molecular formula is C14H21N5O. The lowest BCUT2D eigenvalue weighted by atomic mass is 10.3. The number of carbonyl (C=O) groups is 1. The molecule has 1 fully saturated rings. The van der Waals surface area contributed by atoms with Crippen molar-refractivity contribution in [2.45, 2.75) is 26.7 Å². The maximum atomic E-state index is 11.9. The zero-order valence-corrected chi connectivity index (χ0v) is 12.1. The molecule has 0 saturated carbocycles. The van der Waals surface area contributed by atoms with Crippen molar-refractivity contribution in [2.75, 3.05) is 26.2 Å². The van der Waals surface area contributed by atoms with Gasteiger partial charge in [0.2, 0.25) is 0 Å². The summed E-state index contributed by atoms with van der Waals surface area (Å²) in [5.41, 5.74) is 1.84.